The van der Waals surface area contributed by atoms with E-state index in [1.54, 1.807) is 24.3 Å². The van der Waals surface area contributed by atoms with Crippen molar-refractivity contribution in [2.45, 2.75) is 0 Å². The molecule has 0 fully saturated rings. The average Bonchev–Trinajstić information content (AvgIpc) is 2.53. The van der Waals surface area contributed by atoms with Crippen LogP contribution in [0.4, 0.5) is 0 Å². The van der Waals surface area contributed by atoms with Crippen molar-refractivity contribution in [3.8, 4) is 47.7 Å². The highest BCUT2D eigenvalue weighted by Crippen LogP contribution is 2.36. The van der Waals surface area contributed by atoms with Crippen molar-refractivity contribution in [3.05, 3.63) is 48.5 Å². The number of terminal acetylenes is 2. The molecule has 104 valence electrons. The molecule has 0 atom stereocenters. The van der Waals surface area contributed by atoms with Crippen molar-refractivity contribution in [1.82, 2.24) is 0 Å². The molecule has 0 saturated heterocycles. The lowest BCUT2D eigenvalue weighted by Crippen LogP contribution is -1.98. The van der Waals surface area contributed by atoms with Crippen LogP contribution in [0.15, 0.2) is 48.5 Å². The second-order valence-corrected chi connectivity index (χ2v) is 3.98. The second-order valence-electron chi connectivity index (χ2n) is 3.98. The minimum atomic E-state index is 0.176. The van der Waals surface area contributed by atoms with E-state index in [2.05, 4.69) is 11.8 Å². The number of benzene rings is 2. The lowest BCUT2D eigenvalue weighted by atomic mass is 10.3. The highest BCUT2D eigenvalue weighted by molar-refractivity contribution is 5.47. The Morgan fingerprint density at radius 3 is 1.43 bits per heavy atom. The molecule has 0 radical (unpaired) electrons. The van der Waals surface area contributed by atoms with Crippen molar-refractivity contribution in [3.63, 3.8) is 0 Å². The number of ether oxygens (including phenoxy) is 3. The van der Waals surface area contributed by atoms with Crippen molar-refractivity contribution in [2.75, 3.05) is 13.2 Å². The molecule has 0 bridgehead atoms. The van der Waals surface area contributed by atoms with Gasteiger partial charge in [0.05, 0.1) is 0 Å². The molecule has 0 N–H and O–H groups in total. The van der Waals surface area contributed by atoms with E-state index in [0.29, 0.717) is 23.0 Å². The first-order valence-electron chi connectivity index (χ1n) is 6.33. The average molecular weight is 278 g/mol. The summed E-state index contributed by atoms with van der Waals surface area (Å²) >= 11 is 0. The van der Waals surface area contributed by atoms with Crippen LogP contribution in [0.1, 0.15) is 0 Å². The Kier molecular flexibility index (Phi) is 5.15. The van der Waals surface area contributed by atoms with Gasteiger partial charge >= 0.3 is 0 Å². The van der Waals surface area contributed by atoms with Crippen LogP contribution in [-0.2, 0) is 0 Å². The lowest BCUT2D eigenvalue weighted by Gasteiger charge is -2.13. The summed E-state index contributed by atoms with van der Waals surface area (Å²) in [6.45, 7) is 0.352. The van der Waals surface area contributed by atoms with Crippen LogP contribution in [0.5, 0.6) is 23.0 Å². The third-order valence-electron chi connectivity index (χ3n) is 2.54. The third kappa shape index (κ3) is 3.96. The van der Waals surface area contributed by atoms with Crippen molar-refractivity contribution < 1.29 is 14.2 Å². The quantitative estimate of drug-likeness (QED) is 0.757. The van der Waals surface area contributed by atoms with Gasteiger partial charge in [-0.3, -0.25) is 0 Å². The lowest BCUT2D eigenvalue weighted by molar-refractivity contribution is 0.327. The monoisotopic (exact) mass is 278 g/mol. The zero-order valence-electron chi connectivity index (χ0n) is 11.4. The maximum Gasteiger partial charge on any atom is 0.169 e. The van der Waals surface area contributed by atoms with Crippen LogP contribution in [0, 0.1) is 24.7 Å². The smallest absolute Gasteiger partial charge is 0.169 e. The van der Waals surface area contributed by atoms with Gasteiger partial charge in [0.25, 0.3) is 0 Å². The van der Waals surface area contributed by atoms with E-state index in [-0.39, 0.29) is 13.2 Å². The van der Waals surface area contributed by atoms with Crippen molar-refractivity contribution in [2.24, 2.45) is 0 Å². The molecule has 3 heteroatoms. The van der Waals surface area contributed by atoms with Gasteiger partial charge in [-0.15, -0.1) is 12.8 Å². The van der Waals surface area contributed by atoms with Crippen LogP contribution in [0.3, 0.4) is 0 Å². The van der Waals surface area contributed by atoms with E-state index >= 15 is 0 Å². The molecule has 2 aromatic carbocycles. The van der Waals surface area contributed by atoms with Gasteiger partial charge in [0.1, 0.15) is 13.2 Å². The molecule has 2 aromatic rings. The number of hydrogen-bond donors (Lipinski definition) is 0. The molecular weight excluding hydrogens is 264 g/mol. The Labute approximate surface area is 124 Å². The van der Waals surface area contributed by atoms with E-state index in [0.717, 1.165) is 0 Å². The number of hydrogen-bond acceptors (Lipinski definition) is 3. The molecule has 2 rings (SSSR count). The molecule has 0 aliphatic rings. The Hall–Kier alpha value is -3.04. The fraction of sp³-hybridized carbons (Fsp3) is 0.111. The Bertz CT molecular complexity index is 618. The first-order valence-corrected chi connectivity index (χ1v) is 6.33. The SMILES string of the molecule is C#CCOc1ccccc1Oc1ccccc1OCC#C. The van der Waals surface area contributed by atoms with Gasteiger partial charge in [-0.05, 0) is 24.3 Å². The predicted octanol–water partition coefficient (Wildman–Crippen LogP) is 3.50. The van der Waals surface area contributed by atoms with Gasteiger partial charge in [-0.1, -0.05) is 36.1 Å². The topological polar surface area (TPSA) is 27.7 Å². The molecular formula is C18H14O3. The molecule has 21 heavy (non-hydrogen) atoms. The van der Waals surface area contributed by atoms with Crippen LogP contribution in [0.25, 0.3) is 0 Å². The molecule has 0 spiro atoms. The van der Waals surface area contributed by atoms with E-state index in [1.165, 1.54) is 0 Å². The molecule has 0 heterocycles. The first-order chi connectivity index (χ1) is 10.3. The van der Waals surface area contributed by atoms with Crippen molar-refractivity contribution >= 4 is 0 Å². The standard InChI is InChI=1S/C18H14O3/c1-3-13-19-15-9-5-7-11-17(15)21-18-12-8-6-10-16(18)20-14-4-2/h1-2,5-12H,13-14H2. The van der Waals surface area contributed by atoms with Crippen LogP contribution in [0.2, 0.25) is 0 Å². The molecule has 0 aromatic heterocycles. The minimum absolute atomic E-state index is 0.176. The van der Waals surface area contributed by atoms with Gasteiger partial charge in [0.15, 0.2) is 23.0 Å². The summed E-state index contributed by atoms with van der Waals surface area (Å²) in [7, 11) is 0. The van der Waals surface area contributed by atoms with Crippen LogP contribution >= 0.6 is 0 Å². The molecule has 0 aliphatic heterocycles. The number of para-hydroxylation sites is 4. The highest BCUT2D eigenvalue weighted by atomic mass is 16.5. The summed E-state index contributed by atoms with van der Waals surface area (Å²) < 4.78 is 16.7. The zero-order valence-corrected chi connectivity index (χ0v) is 11.4. The van der Waals surface area contributed by atoms with E-state index in [1.807, 2.05) is 24.3 Å². The normalized spacial score (nSPS) is 9.24. The Morgan fingerprint density at radius 2 is 1.05 bits per heavy atom. The van der Waals surface area contributed by atoms with E-state index in [9.17, 15) is 0 Å². The van der Waals surface area contributed by atoms with E-state index < -0.39 is 0 Å². The molecule has 0 amide bonds. The maximum atomic E-state index is 5.85. The largest absolute Gasteiger partial charge is 0.477 e. The van der Waals surface area contributed by atoms with E-state index in [4.69, 9.17) is 27.1 Å². The number of rotatable bonds is 6. The van der Waals surface area contributed by atoms with Gasteiger partial charge in [-0.25, -0.2) is 0 Å². The second kappa shape index (κ2) is 7.53. The summed E-state index contributed by atoms with van der Waals surface area (Å²) in [5.74, 6) is 7.11. The predicted molar refractivity (Wildman–Crippen MR) is 81.6 cm³/mol. The molecule has 0 aliphatic carbocycles. The maximum absolute atomic E-state index is 5.85. The summed E-state index contributed by atoms with van der Waals surface area (Å²) in [5, 5.41) is 0. The Balaban J connectivity index is 2.22. The van der Waals surface area contributed by atoms with Gasteiger partial charge < -0.3 is 14.2 Å². The zero-order chi connectivity index (χ0) is 14.9. The van der Waals surface area contributed by atoms with Gasteiger partial charge in [0, 0.05) is 0 Å². The van der Waals surface area contributed by atoms with Crippen LogP contribution in [-0.4, -0.2) is 13.2 Å². The summed E-state index contributed by atoms with van der Waals surface area (Å²) in [5.41, 5.74) is 0. The van der Waals surface area contributed by atoms with Crippen LogP contribution < -0.4 is 14.2 Å². The first kappa shape index (κ1) is 14.4. The highest BCUT2D eigenvalue weighted by Gasteiger charge is 2.09. The Morgan fingerprint density at radius 1 is 0.667 bits per heavy atom. The fourth-order valence-corrected chi connectivity index (χ4v) is 1.66. The minimum Gasteiger partial charge on any atom is -0.477 e. The van der Waals surface area contributed by atoms with Gasteiger partial charge in [0.2, 0.25) is 0 Å². The summed E-state index contributed by atoms with van der Waals surface area (Å²) in [6, 6.07) is 14.6. The summed E-state index contributed by atoms with van der Waals surface area (Å²) in [4.78, 5) is 0. The molecule has 0 saturated carbocycles. The third-order valence-corrected chi connectivity index (χ3v) is 2.54. The molecule has 3 nitrogen and oxygen atoms in total. The fourth-order valence-electron chi connectivity index (χ4n) is 1.66. The van der Waals surface area contributed by atoms with Crippen molar-refractivity contribution in [1.29, 1.82) is 0 Å². The summed E-state index contributed by atoms with van der Waals surface area (Å²) in [6.07, 6.45) is 10.4. The molecule has 0 unspecified atom stereocenters. The van der Waals surface area contributed by atoms with Gasteiger partial charge in [-0.2, -0.15) is 0 Å².